The minimum Gasteiger partial charge on any atom is -0.356 e. The Morgan fingerprint density at radius 3 is 2.31 bits per heavy atom. The topological polar surface area (TPSA) is 96.1 Å². The van der Waals surface area contributed by atoms with Crippen LogP contribution in [0.25, 0.3) is 11.3 Å². The molecule has 0 saturated carbocycles. The summed E-state index contributed by atoms with van der Waals surface area (Å²) in [6.45, 7) is 0.967. The van der Waals surface area contributed by atoms with Gasteiger partial charge in [-0.15, -0.1) is 0 Å². The van der Waals surface area contributed by atoms with Gasteiger partial charge in [0.05, 0.1) is 19.3 Å². The SMILES string of the molecule is Cc1c(-c2ccno2)c(=O)n(C[C@H](N)c2ccccc2)c(=O)n1Cc1c(F)cccc1F. The summed E-state index contributed by atoms with van der Waals surface area (Å²) in [5, 5.41) is 3.63. The first-order valence-corrected chi connectivity index (χ1v) is 9.87. The molecule has 0 aliphatic rings. The quantitative estimate of drug-likeness (QED) is 0.499. The molecule has 164 valence electrons. The highest BCUT2D eigenvalue weighted by Gasteiger charge is 2.23. The highest BCUT2D eigenvalue weighted by atomic mass is 19.1. The van der Waals surface area contributed by atoms with Crippen LogP contribution in [-0.4, -0.2) is 14.3 Å². The van der Waals surface area contributed by atoms with Crippen molar-refractivity contribution in [3.63, 3.8) is 0 Å². The van der Waals surface area contributed by atoms with E-state index in [0.29, 0.717) is 0 Å². The number of rotatable bonds is 6. The number of nitrogens with zero attached hydrogens (tertiary/aromatic N) is 3. The summed E-state index contributed by atoms with van der Waals surface area (Å²) in [5.74, 6) is -1.45. The first-order valence-electron chi connectivity index (χ1n) is 9.87. The summed E-state index contributed by atoms with van der Waals surface area (Å²) < 4.78 is 35.9. The molecule has 2 N–H and O–H groups in total. The van der Waals surface area contributed by atoms with Gasteiger partial charge in [0.2, 0.25) is 0 Å². The van der Waals surface area contributed by atoms with E-state index in [1.165, 1.54) is 25.3 Å². The smallest absolute Gasteiger partial charge is 0.331 e. The molecular weight excluding hydrogens is 418 g/mol. The van der Waals surface area contributed by atoms with Crippen LogP contribution >= 0.6 is 0 Å². The minimum absolute atomic E-state index is 0.0686. The number of halogens is 2. The summed E-state index contributed by atoms with van der Waals surface area (Å²) in [6, 6.07) is 13.3. The van der Waals surface area contributed by atoms with E-state index in [4.69, 9.17) is 10.3 Å². The molecule has 4 aromatic rings. The lowest BCUT2D eigenvalue weighted by atomic mass is 10.1. The van der Waals surface area contributed by atoms with E-state index in [2.05, 4.69) is 5.16 Å². The molecule has 0 saturated heterocycles. The fraction of sp³-hybridized carbons (Fsp3) is 0.174. The molecule has 9 heteroatoms. The molecule has 0 spiro atoms. The van der Waals surface area contributed by atoms with Gasteiger partial charge in [-0.25, -0.2) is 13.6 Å². The second-order valence-electron chi connectivity index (χ2n) is 7.34. The van der Waals surface area contributed by atoms with E-state index < -0.39 is 35.5 Å². The molecule has 0 aliphatic heterocycles. The van der Waals surface area contributed by atoms with Crippen molar-refractivity contribution in [2.45, 2.75) is 26.1 Å². The van der Waals surface area contributed by atoms with E-state index in [1.54, 1.807) is 24.3 Å². The molecule has 2 aromatic carbocycles. The van der Waals surface area contributed by atoms with Crippen LogP contribution in [0, 0.1) is 18.6 Å². The predicted octanol–water partition coefficient (Wildman–Crippen LogP) is 3.00. The van der Waals surface area contributed by atoms with Crippen LogP contribution in [0.1, 0.15) is 22.9 Å². The monoisotopic (exact) mass is 438 g/mol. The van der Waals surface area contributed by atoms with Crippen LogP contribution in [0.5, 0.6) is 0 Å². The lowest BCUT2D eigenvalue weighted by Gasteiger charge is -2.19. The molecule has 4 rings (SSSR count). The third-order valence-electron chi connectivity index (χ3n) is 5.36. The van der Waals surface area contributed by atoms with Crippen molar-refractivity contribution in [3.05, 3.63) is 110 Å². The summed E-state index contributed by atoms with van der Waals surface area (Å²) in [7, 11) is 0. The zero-order valence-corrected chi connectivity index (χ0v) is 17.2. The highest BCUT2D eigenvalue weighted by molar-refractivity contribution is 5.58. The first kappa shape index (κ1) is 21.4. The van der Waals surface area contributed by atoms with Crippen molar-refractivity contribution in [1.82, 2.24) is 14.3 Å². The number of nitrogens with two attached hydrogens (primary N) is 1. The number of benzene rings is 2. The van der Waals surface area contributed by atoms with Gasteiger partial charge >= 0.3 is 5.69 Å². The predicted molar refractivity (Wildman–Crippen MR) is 114 cm³/mol. The van der Waals surface area contributed by atoms with Gasteiger partial charge in [0.25, 0.3) is 5.56 Å². The Hall–Kier alpha value is -3.85. The molecule has 0 aliphatic carbocycles. The van der Waals surface area contributed by atoms with Crippen molar-refractivity contribution < 1.29 is 13.3 Å². The summed E-state index contributed by atoms with van der Waals surface area (Å²) in [4.78, 5) is 26.6. The molecular formula is C23H20F2N4O3. The number of aromatic nitrogens is 3. The van der Waals surface area contributed by atoms with E-state index >= 15 is 0 Å². The third kappa shape index (κ3) is 3.90. The van der Waals surface area contributed by atoms with Gasteiger partial charge in [0.1, 0.15) is 17.2 Å². The maximum atomic E-state index is 14.3. The van der Waals surface area contributed by atoms with Crippen LogP contribution in [0.4, 0.5) is 8.78 Å². The Morgan fingerprint density at radius 2 is 1.69 bits per heavy atom. The molecule has 0 amide bonds. The van der Waals surface area contributed by atoms with Gasteiger partial charge in [-0.3, -0.25) is 13.9 Å². The molecule has 1 atom stereocenters. The molecule has 2 heterocycles. The largest absolute Gasteiger partial charge is 0.356 e. The molecule has 0 fully saturated rings. The zero-order valence-electron chi connectivity index (χ0n) is 17.2. The first-order chi connectivity index (χ1) is 15.4. The Morgan fingerprint density at radius 1 is 1.00 bits per heavy atom. The normalized spacial score (nSPS) is 12.1. The third-order valence-corrected chi connectivity index (χ3v) is 5.36. The molecule has 0 bridgehead atoms. The van der Waals surface area contributed by atoms with Crippen LogP contribution in [0.2, 0.25) is 0 Å². The lowest BCUT2D eigenvalue weighted by molar-refractivity contribution is 0.428. The minimum atomic E-state index is -0.795. The summed E-state index contributed by atoms with van der Waals surface area (Å²) >= 11 is 0. The van der Waals surface area contributed by atoms with Gasteiger partial charge in [0, 0.05) is 23.4 Å². The van der Waals surface area contributed by atoms with Gasteiger partial charge in [-0.05, 0) is 24.6 Å². The van der Waals surface area contributed by atoms with Gasteiger partial charge in [-0.2, -0.15) is 0 Å². The fourth-order valence-corrected chi connectivity index (χ4v) is 3.62. The Balaban J connectivity index is 1.90. The second kappa shape index (κ2) is 8.72. The van der Waals surface area contributed by atoms with Gasteiger partial charge in [0.15, 0.2) is 5.76 Å². The molecule has 7 nitrogen and oxygen atoms in total. The van der Waals surface area contributed by atoms with E-state index in [0.717, 1.165) is 26.8 Å². The van der Waals surface area contributed by atoms with Crippen LogP contribution in [0.3, 0.4) is 0 Å². The highest BCUT2D eigenvalue weighted by Crippen LogP contribution is 2.21. The van der Waals surface area contributed by atoms with E-state index in [1.807, 2.05) is 6.07 Å². The standard InChI is InChI=1S/C23H20F2N4O3/c1-14-21(20-10-11-27-32-20)22(30)29(13-19(26)15-6-3-2-4-7-15)23(31)28(14)12-16-17(24)8-5-9-18(16)25/h2-11,19H,12-13,26H2,1H3/t19-/m0/s1. The van der Waals surface area contributed by atoms with Crippen LogP contribution in [-0.2, 0) is 13.1 Å². The summed E-state index contributed by atoms with van der Waals surface area (Å²) in [6.07, 6.45) is 1.36. The fourth-order valence-electron chi connectivity index (χ4n) is 3.62. The number of hydrogen-bond donors (Lipinski definition) is 1. The average Bonchev–Trinajstić information content (AvgIpc) is 3.31. The van der Waals surface area contributed by atoms with Gasteiger partial charge < -0.3 is 10.3 Å². The summed E-state index contributed by atoms with van der Waals surface area (Å²) in [5.41, 5.74) is 5.61. The Labute approximate surface area is 181 Å². The van der Waals surface area contributed by atoms with E-state index in [-0.39, 0.29) is 29.1 Å². The molecule has 0 radical (unpaired) electrons. The van der Waals surface area contributed by atoms with Crippen molar-refractivity contribution >= 4 is 0 Å². The van der Waals surface area contributed by atoms with Gasteiger partial charge in [-0.1, -0.05) is 41.6 Å². The Bertz CT molecular complexity index is 1340. The van der Waals surface area contributed by atoms with E-state index in [9.17, 15) is 18.4 Å². The molecule has 0 unspecified atom stereocenters. The van der Waals surface area contributed by atoms with Crippen molar-refractivity contribution in [2.75, 3.05) is 0 Å². The lowest BCUT2D eigenvalue weighted by Crippen LogP contribution is -2.44. The number of hydrogen-bond acceptors (Lipinski definition) is 5. The average molecular weight is 438 g/mol. The van der Waals surface area contributed by atoms with Crippen LogP contribution in [0.15, 0.2) is 74.9 Å². The van der Waals surface area contributed by atoms with Crippen molar-refractivity contribution in [3.8, 4) is 11.3 Å². The zero-order chi connectivity index (χ0) is 22.8. The second-order valence-corrected chi connectivity index (χ2v) is 7.34. The maximum Gasteiger partial charge on any atom is 0.331 e. The molecule has 32 heavy (non-hydrogen) atoms. The van der Waals surface area contributed by atoms with Crippen LogP contribution < -0.4 is 17.0 Å². The molecule has 2 aromatic heterocycles. The maximum absolute atomic E-state index is 14.3. The van der Waals surface area contributed by atoms with Crippen molar-refractivity contribution in [2.24, 2.45) is 5.73 Å². The Kier molecular flexibility index (Phi) is 5.83. The van der Waals surface area contributed by atoms with Crippen molar-refractivity contribution in [1.29, 1.82) is 0 Å².